The molecule has 7 atom stereocenters. The Balaban J connectivity index is 1.65. The number of unbranched alkanes of at least 4 members (excludes halogenated alkanes) is 2. The quantitative estimate of drug-likeness (QED) is 0.117. The number of likely N-dealkylation sites (tertiary alicyclic amines) is 1. The molecule has 3 fully saturated rings. The highest BCUT2D eigenvalue weighted by Crippen LogP contribution is 2.60. The lowest BCUT2D eigenvalue weighted by molar-refractivity contribution is -0.159. The minimum atomic E-state index is -1.23. The maximum atomic E-state index is 14.7. The first-order chi connectivity index (χ1) is 21.5. The van der Waals surface area contributed by atoms with Gasteiger partial charge in [-0.25, -0.2) is 0 Å². The first-order valence-electron chi connectivity index (χ1n) is 15.8. The van der Waals surface area contributed by atoms with Crippen LogP contribution in [-0.4, -0.2) is 88.6 Å². The Labute approximate surface area is 274 Å². The fourth-order valence-corrected chi connectivity index (χ4v) is 7.92. The van der Waals surface area contributed by atoms with Crippen LogP contribution in [-0.2, 0) is 28.7 Å². The maximum absolute atomic E-state index is 14.7. The number of hydrogen-bond acceptors (Lipinski definition) is 7. The van der Waals surface area contributed by atoms with Crippen molar-refractivity contribution in [3.8, 4) is 0 Å². The van der Waals surface area contributed by atoms with Crippen LogP contribution in [0.2, 0.25) is 0 Å². The highest BCUT2D eigenvalue weighted by molar-refractivity contribution is 9.09. The number of halogens is 1. The minimum absolute atomic E-state index is 0.0412. The normalized spacial score (nSPS) is 27.2. The van der Waals surface area contributed by atoms with Crippen LogP contribution in [0.3, 0.4) is 0 Å². The lowest BCUT2D eigenvalue weighted by atomic mass is 9.70. The number of rotatable bonds is 16. The lowest BCUT2D eigenvalue weighted by Gasteiger charge is -2.37. The molecular formula is C34H46BrN3O7. The molecule has 1 aromatic rings. The number of nitrogens with zero attached hydrogens (tertiary/aromatic N) is 2. The van der Waals surface area contributed by atoms with E-state index in [1.807, 2.05) is 32.0 Å². The summed E-state index contributed by atoms with van der Waals surface area (Å²) in [6.45, 7) is 13.8. The van der Waals surface area contributed by atoms with Crippen molar-refractivity contribution in [3.05, 3.63) is 54.6 Å². The fraction of sp³-hybridized carbons (Fsp3) is 0.588. The molecule has 3 aliphatic heterocycles. The molecule has 246 valence electrons. The third kappa shape index (κ3) is 7.05. The standard InChI is InChI=1S/C34H46BrN3O7/c1-6-8-12-26(40)36-20-23(5)44-33(43)27-28-31(41)38(16-10-9-11-17-39)30(34(28)19-24(35)29(27)45-34)32(42)37(15-7-2)25-18-21(3)13-14-22(25)4/h6-7,13-14,18,23-24,27-30,39H,1-2,8-12,15-17,19-20H2,3-5H3,(H,36,40)/t23-,24?,27-,28+,29-,30-,34+/m0/s1. The minimum Gasteiger partial charge on any atom is -0.460 e. The van der Waals surface area contributed by atoms with Crippen LogP contribution in [0.15, 0.2) is 43.5 Å². The SMILES string of the molecule is C=CCCC(=O)NC[C@H](C)OC(=O)[C@@H]1[C@H]2O[C@@]3(CC2Br)[C@H](C(=O)N(CC=C)c2cc(C)ccc2C)N(CCCCCO)C(=O)[C@@H]13. The molecule has 45 heavy (non-hydrogen) atoms. The van der Waals surface area contributed by atoms with E-state index in [2.05, 4.69) is 34.4 Å². The molecule has 1 aromatic carbocycles. The van der Waals surface area contributed by atoms with Gasteiger partial charge in [-0.05, 0) is 70.1 Å². The summed E-state index contributed by atoms with van der Waals surface area (Å²) in [4.78, 5) is 57.9. The van der Waals surface area contributed by atoms with Crippen LogP contribution in [0.1, 0.15) is 56.6 Å². The van der Waals surface area contributed by atoms with E-state index in [-0.39, 0.29) is 48.8 Å². The largest absolute Gasteiger partial charge is 0.460 e. The number of nitrogens with one attached hydrogen (secondary N) is 1. The van der Waals surface area contributed by atoms with Gasteiger partial charge in [0, 0.05) is 36.6 Å². The number of esters is 1. The highest BCUT2D eigenvalue weighted by Gasteiger charge is 2.77. The van der Waals surface area contributed by atoms with E-state index in [4.69, 9.17) is 9.47 Å². The fourth-order valence-electron chi connectivity index (χ4n) is 6.98. The zero-order valence-corrected chi connectivity index (χ0v) is 28.1. The smallest absolute Gasteiger partial charge is 0.312 e. The number of aryl methyl sites for hydroxylation is 2. The van der Waals surface area contributed by atoms with Gasteiger partial charge in [0.2, 0.25) is 11.8 Å². The zero-order chi connectivity index (χ0) is 32.9. The molecule has 3 aliphatic rings. The molecule has 10 nitrogen and oxygen atoms in total. The Morgan fingerprint density at radius 1 is 1.24 bits per heavy atom. The number of benzene rings is 1. The number of fused-ring (bicyclic) bond motifs is 1. The van der Waals surface area contributed by atoms with Gasteiger partial charge in [0.1, 0.15) is 17.7 Å². The third-order valence-electron chi connectivity index (χ3n) is 9.07. The van der Waals surface area contributed by atoms with Gasteiger partial charge >= 0.3 is 5.97 Å². The second-order valence-electron chi connectivity index (χ2n) is 12.4. The molecule has 2 N–H and O–H groups in total. The monoisotopic (exact) mass is 687 g/mol. The molecule has 11 heteroatoms. The summed E-state index contributed by atoms with van der Waals surface area (Å²) >= 11 is 3.70. The second kappa shape index (κ2) is 15.0. The van der Waals surface area contributed by atoms with Gasteiger partial charge < -0.3 is 29.7 Å². The van der Waals surface area contributed by atoms with Gasteiger partial charge in [-0.2, -0.15) is 0 Å². The number of carbonyl (C=O) groups excluding carboxylic acids is 4. The molecule has 3 heterocycles. The third-order valence-corrected chi connectivity index (χ3v) is 9.91. The van der Waals surface area contributed by atoms with Crippen LogP contribution < -0.4 is 10.2 Å². The Kier molecular flexibility index (Phi) is 11.7. The number of amides is 3. The number of anilines is 1. The summed E-state index contributed by atoms with van der Waals surface area (Å²) in [5, 5.41) is 12.1. The number of carbonyl (C=O) groups is 4. The van der Waals surface area contributed by atoms with Gasteiger partial charge in [-0.15, -0.1) is 13.2 Å². The Bertz CT molecular complexity index is 1300. The van der Waals surface area contributed by atoms with Gasteiger partial charge in [-0.1, -0.05) is 40.2 Å². The summed E-state index contributed by atoms with van der Waals surface area (Å²) in [7, 11) is 0. The molecule has 1 unspecified atom stereocenters. The molecule has 1 spiro atoms. The molecule has 2 bridgehead atoms. The van der Waals surface area contributed by atoms with Gasteiger partial charge in [0.25, 0.3) is 5.91 Å². The molecule has 3 saturated heterocycles. The van der Waals surface area contributed by atoms with Crippen molar-refractivity contribution in [2.75, 3.05) is 31.1 Å². The summed E-state index contributed by atoms with van der Waals surface area (Å²) in [5.41, 5.74) is 1.40. The molecule has 0 aliphatic carbocycles. The predicted molar refractivity (Wildman–Crippen MR) is 175 cm³/mol. The number of ether oxygens (including phenoxy) is 2. The van der Waals surface area contributed by atoms with E-state index >= 15 is 0 Å². The first kappa shape index (κ1) is 34.8. The molecular weight excluding hydrogens is 642 g/mol. The summed E-state index contributed by atoms with van der Waals surface area (Å²) in [6, 6.07) is 4.93. The van der Waals surface area contributed by atoms with Crippen molar-refractivity contribution in [2.45, 2.75) is 88.0 Å². The van der Waals surface area contributed by atoms with Crippen molar-refractivity contribution in [1.82, 2.24) is 10.2 Å². The highest BCUT2D eigenvalue weighted by atomic mass is 79.9. The Morgan fingerprint density at radius 3 is 2.69 bits per heavy atom. The Hall–Kier alpha value is -3.02. The van der Waals surface area contributed by atoms with Crippen molar-refractivity contribution < 1.29 is 33.8 Å². The maximum Gasteiger partial charge on any atom is 0.312 e. The molecule has 0 aromatic heterocycles. The van der Waals surface area contributed by atoms with Crippen molar-refractivity contribution in [1.29, 1.82) is 0 Å². The summed E-state index contributed by atoms with van der Waals surface area (Å²) in [6.07, 6.45) is 5.10. The van der Waals surface area contributed by atoms with Gasteiger partial charge in [0.05, 0.1) is 24.5 Å². The van der Waals surface area contributed by atoms with Crippen LogP contribution in [0.25, 0.3) is 0 Å². The van der Waals surface area contributed by atoms with Crippen LogP contribution in [0.4, 0.5) is 5.69 Å². The summed E-state index contributed by atoms with van der Waals surface area (Å²) < 4.78 is 12.4. The van der Waals surface area contributed by atoms with Gasteiger partial charge in [-0.3, -0.25) is 19.2 Å². The van der Waals surface area contributed by atoms with E-state index in [0.717, 1.165) is 16.8 Å². The van der Waals surface area contributed by atoms with E-state index in [1.165, 1.54) is 0 Å². The van der Waals surface area contributed by atoms with Crippen LogP contribution >= 0.6 is 15.9 Å². The van der Waals surface area contributed by atoms with Crippen molar-refractivity contribution >= 4 is 45.3 Å². The first-order valence-corrected chi connectivity index (χ1v) is 16.7. The second-order valence-corrected chi connectivity index (χ2v) is 13.6. The predicted octanol–water partition coefficient (Wildman–Crippen LogP) is 3.75. The average molecular weight is 689 g/mol. The molecule has 4 rings (SSSR count). The lowest BCUT2D eigenvalue weighted by Crippen LogP contribution is -2.57. The van der Waals surface area contributed by atoms with Crippen LogP contribution in [0, 0.1) is 25.7 Å². The molecule has 0 saturated carbocycles. The summed E-state index contributed by atoms with van der Waals surface area (Å²) in [5.74, 6) is -3.15. The average Bonchev–Trinajstić information content (AvgIpc) is 3.60. The van der Waals surface area contributed by atoms with E-state index in [9.17, 15) is 24.3 Å². The Morgan fingerprint density at radius 2 is 2.00 bits per heavy atom. The molecule has 3 amide bonds. The van der Waals surface area contributed by atoms with Crippen LogP contribution in [0.5, 0.6) is 0 Å². The number of alkyl halides is 1. The van der Waals surface area contributed by atoms with Crippen molar-refractivity contribution in [2.24, 2.45) is 11.8 Å². The van der Waals surface area contributed by atoms with E-state index in [1.54, 1.807) is 28.9 Å². The van der Waals surface area contributed by atoms with E-state index < -0.39 is 41.7 Å². The van der Waals surface area contributed by atoms with E-state index in [0.29, 0.717) is 38.5 Å². The van der Waals surface area contributed by atoms with Crippen molar-refractivity contribution in [3.63, 3.8) is 0 Å². The number of allylic oxidation sites excluding steroid dienone is 1. The van der Waals surface area contributed by atoms with Gasteiger partial charge in [0.15, 0.2) is 0 Å². The number of aliphatic hydroxyl groups is 1. The number of hydrogen-bond donors (Lipinski definition) is 2. The topological polar surface area (TPSA) is 125 Å². The molecule has 0 radical (unpaired) electrons. The zero-order valence-electron chi connectivity index (χ0n) is 26.5. The number of aliphatic hydroxyl groups excluding tert-OH is 1.